The maximum absolute atomic E-state index is 12.5. The van der Waals surface area contributed by atoms with Crippen LogP contribution in [0.1, 0.15) is 6.42 Å². The third-order valence-electron chi connectivity index (χ3n) is 1.99. The van der Waals surface area contributed by atoms with Crippen molar-refractivity contribution < 1.29 is 30.2 Å². The molecule has 1 fully saturated rings. The first-order valence-corrected chi connectivity index (χ1v) is 5.48. The van der Waals surface area contributed by atoms with Crippen LogP contribution in [0, 0.1) is 5.92 Å². The summed E-state index contributed by atoms with van der Waals surface area (Å²) in [5, 5.41) is 0. The summed E-state index contributed by atoms with van der Waals surface area (Å²) in [4.78, 5) is 0. The van der Waals surface area contributed by atoms with Gasteiger partial charge in [-0.2, -0.15) is 26.0 Å². The van der Waals surface area contributed by atoms with Crippen LogP contribution in [-0.2, 0) is 14.3 Å². The molecule has 0 amide bonds. The summed E-state index contributed by atoms with van der Waals surface area (Å²) >= 11 is 0. The third-order valence-corrected chi connectivity index (χ3v) is 2.55. The van der Waals surface area contributed by atoms with Gasteiger partial charge in [0.2, 0.25) is 0 Å². The quantitative estimate of drug-likeness (QED) is 0.547. The van der Waals surface area contributed by atoms with Gasteiger partial charge in [-0.25, -0.2) is 0 Å². The second kappa shape index (κ2) is 3.06. The highest BCUT2D eigenvalue weighted by atomic mass is 32.2. The molecule has 0 spiro atoms. The molecule has 1 unspecified atom stereocenters. The minimum atomic E-state index is -4.17. The fourth-order valence-corrected chi connectivity index (χ4v) is 1.52. The van der Waals surface area contributed by atoms with Gasteiger partial charge < -0.3 is 0 Å². The van der Waals surface area contributed by atoms with Crippen LogP contribution >= 0.6 is 0 Å². The van der Waals surface area contributed by atoms with Crippen molar-refractivity contribution >= 4 is 10.1 Å². The van der Waals surface area contributed by atoms with Crippen LogP contribution in [0.15, 0.2) is 0 Å². The first-order chi connectivity index (χ1) is 6.06. The maximum Gasteiger partial charge on any atom is 0.315 e. The van der Waals surface area contributed by atoms with Crippen LogP contribution in [0.3, 0.4) is 0 Å². The summed E-state index contributed by atoms with van der Waals surface area (Å²) in [6.07, 6.45) is -0.378. The number of hydrogen-bond donors (Lipinski definition) is 0. The van der Waals surface area contributed by atoms with Gasteiger partial charge in [-0.1, -0.05) is 0 Å². The Kier molecular flexibility index (Phi) is 2.56. The molecule has 0 heterocycles. The molecule has 84 valence electrons. The number of rotatable bonds is 3. The van der Waals surface area contributed by atoms with Gasteiger partial charge >= 0.3 is 11.8 Å². The van der Waals surface area contributed by atoms with Crippen LogP contribution < -0.4 is 0 Å². The standard InChI is InChI=1S/C6H8F4O3S/c1-14(11,12)13-3-4-2-5(7,8)6(4,9)10/h4H,2-3H2,1H3. The average Bonchev–Trinajstić information content (AvgIpc) is 1.95. The highest BCUT2D eigenvalue weighted by molar-refractivity contribution is 7.85. The van der Waals surface area contributed by atoms with E-state index in [9.17, 15) is 26.0 Å². The van der Waals surface area contributed by atoms with Gasteiger partial charge in [0, 0.05) is 6.42 Å². The Hall–Kier alpha value is -0.370. The molecular formula is C6H8F4O3S. The monoisotopic (exact) mass is 236 g/mol. The molecule has 1 saturated carbocycles. The van der Waals surface area contributed by atoms with Gasteiger partial charge in [0.25, 0.3) is 10.1 Å². The smallest absolute Gasteiger partial charge is 0.270 e. The summed E-state index contributed by atoms with van der Waals surface area (Å²) in [6.45, 7) is -0.901. The van der Waals surface area contributed by atoms with E-state index in [0.717, 1.165) is 0 Å². The lowest BCUT2D eigenvalue weighted by Crippen LogP contribution is -2.60. The molecule has 1 aliphatic rings. The van der Waals surface area contributed by atoms with Gasteiger partial charge in [-0.15, -0.1) is 0 Å². The van der Waals surface area contributed by atoms with E-state index in [2.05, 4.69) is 4.18 Å². The molecule has 0 aromatic carbocycles. The number of alkyl halides is 4. The second-order valence-electron chi connectivity index (χ2n) is 3.22. The van der Waals surface area contributed by atoms with Crippen molar-refractivity contribution in [2.45, 2.75) is 18.3 Å². The molecule has 3 nitrogen and oxygen atoms in total. The van der Waals surface area contributed by atoms with Gasteiger partial charge in [-0.05, 0) is 0 Å². The van der Waals surface area contributed by atoms with Crippen molar-refractivity contribution in [2.75, 3.05) is 12.9 Å². The average molecular weight is 236 g/mol. The van der Waals surface area contributed by atoms with Gasteiger partial charge in [-0.3, -0.25) is 4.18 Å². The van der Waals surface area contributed by atoms with E-state index < -0.39 is 40.9 Å². The summed E-state index contributed by atoms with van der Waals surface area (Å²) < 4.78 is 74.3. The highest BCUT2D eigenvalue weighted by Crippen LogP contribution is 2.55. The molecule has 0 aromatic rings. The van der Waals surface area contributed by atoms with E-state index in [1.807, 2.05) is 0 Å². The third kappa shape index (κ3) is 2.00. The molecule has 8 heteroatoms. The van der Waals surface area contributed by atoms with E-state index in [1.54, 1.807) is 0 Å². The van der Waals surface area contributed by atoms with Crippen molar-refractivity contribution in [3.05, 3.63) is 0 Å². The predicted octanol–water partition coefficient (Wildman–Crippen LogP) is 1.25. The van der Waals surface area contributed by atoms with E-state index in [-0.39, 0.29) is 0 Å². The molecule has 0 radical (unpaired) electrons. The number of hydrogen-bond acceptors (Lipinski definition) is 3. The number of halogens is 4. The lowest BCUT2D eigenvalue weighted by atomic mass is 9.77. The Labute approximate surface area is 78.2 Å². The Morgan fingerprint density at radius 3 is 2.14 bits per heavy atom. The molecule has 0 N–H and O–H groups in total. The summed E-state index contributed by atoms with van der Waals surface area (Å²) in [5.41, 5.74) is 0. The van der Waals surface area contributed by atoms with Crippen LogP contribution in [0.2, 0.25) is 0 Å². The Bertz CT molecular complexity index is 324. The fourth-order valence-electron chi connectivity index (χ4n) is 1.11. The normalized spacial score (nSPS) is 29.6. The minimum absolute atomic E-state index is 0.669. The minimum Gasteiger partial charge on any atom is -0.270 e. The van der Waals surface area contributed by atoms with E-state index in [1.165, 1.54) is 0 Å². The van der Waals surface area contributed by atoms with Gasteiger partial charge in [0.05, 0.1) is 18.8 Å². The molecular weight excluding hydrogens is 228 g/mol. The van der Waals surface area contributed by atoms with Crippen molar-refractivity contribution in [1.82, 2.24) is 0 Å². The van der Waals surface area contributed by atoms with Crippen LogP contribution in [0.4, 0.5) is 17.6 Å². The zero-order valence-corrected chi connectivity index (χ0v) is 7.95. The highest BCUT2D eigenvalue weighted by Gasteiger charge is 2.71. The first kappa shape index (κ1) is 11.7. The molecule has 1 aliphatic carbocycles. The van der Waals surface area contributed by atoms with Crippen molar-refractivity contribution in [3.63, 3.8) is 0 Å². The largest absolute Gasteiger partial charge is 0.315 e. The SMILES string of the molecule is CS(=O)(=O)OCC1CC(F)(F)C1(F)F. The Morgan fingerprint density at radius 1 is 1.36 bits per heavy atom. The molecule has 0 saturated heterocycles. The molecule has 14 heavy (non-hydrogen) atoms. The van der Waals surface area contributed by atoms with E-state index >= 15 is 0 Å². The molecule has 0 aromatic heterocycles. The van der Waals surface area contributed by atoms with Crippen LogP contribution in [-0.4, -0.2) is 33.1 Å². The lowest BCUT2D eigenvalue weighted by Gasteiger charge is -2.43. The lowest BCUT2D eigenvalue weighted by molar-refractivity contribution is -0.317. The fraction of sp³-hybridized carbons (Fsp3) is 1.00. The summed E-state index contributed by atoms with van der Waals surface area (Å²) in [5.74, 6) is -9.94. The summed E-state index contributed by atoms with van der Waals surface area (Å²) in [6, 6.07) is 0. The zero-order chi connectivity index (χ0) is 11.2. The Balaban J connectivity index is 2.53. The van der Waals surface area contributed by atoms with Crippen LogP contribution in [0.25, 0.3) is 0 Å². The van der Waals surface area contributed by atoms with E-state index in [4.69, 9.17) is 0 Å². The molecule has 1 rings (SSSR count). The maximum atomic E-state index is 12.5. The topological polar surface area (TPSA) is 43.4 Å². The Morgan fingerprint density at radius 2 is 1.86 bits per heavy atom. The summed E-state index contributed by atoms with van der Waals surface area (Å²) in [7, 11) is -3.86. The van der Waals surface area contributed by atoms with Crippen molar-refractivity contribution in [1.29, 1.82) is 0 Å². The molecule has 0 aliphatic heterocycles. The second-order valence-corrected chi connectivity index (χ2v) is 4.86. The van der Waals surface area contributed by atoms with Crippen molar-refractivity contribution in [2.24, 2.45) is 5.92 Å². The zero-order valence-electron chi connectivity index (χ0n) is 7.14. The van der Waals surface area contributed by atoms with Crippen LogP contribution in [0.5, 0.6) is 0 Å². The predicted molar refractivity (Wildman–Crippen MR) is 38.8 cm³/mol. The molecule has 0 bridgehead atoms. The molecule has 1 atom stereocenters. The van der Waals surface area contributed by atoms with Gasteiger partial charge in [0.1, 0.15) is 0 Å². The first-order valence-electron chi connectivity index (χ1n) is 3.66. The van der Waals surface area contributed by atoms with E-state index in [0.29, 0.717) is 6.26 Å². The van der Waals surface area contributed by atoms with Gasteiger partial charge in [0.15, 0.2) is 0 Å². The van der Waals surface area contributed by atoms with Crippen molar-refractivity contribution in [3.8, 4) is 0 Å².